The van der Waals surface area contributed by atoms with E-state index in [4.69, 9.17) is 10.3 Å². The number of nitrogens with zero attached hydrogens (tertiary/aromatic N) is 3. The van der Waals surface area contributed by atoms with Gasteiger partial charge in [-0.05, 0) is 5.53 Å². The van der Waals surface area contributed by atoms with Gasteiger partial charge in [0.2, 0.25) is 0 Å². The summed E-state index contributed by atoms with van der Waals surface area (Å²) in [6.07, 6.45) is 0. The highest BCUT2D eigenvalue weighted by atomic mass is 28.3. The molecular weight excluding hydrogens is 118 g/mol. The van der Waals surface area contributed by atoms with E-state index in [0.717, 1.165) is 0 Å². The molecule has 0 heterocycles. The molecule has 7 heteroatoms. The van der Waals surface area contributed by atoms with E-state index in [2.05, 4.69) is 9.80 Å². The van der Waals surface area contributed by atoms with Crippen molar-refractivity contribution in [2.24, 2.45) is 5.28 Å². The lowest BCUT2D eigenvalue weighted by molar-refractivity contribution is 0.230. The van der Waals surface area contributed by atoms with Crippen molar-refractivity contribution < 1.29 is 13.8 Å². The van der Waals surface area contributed by atoms with E-state index in [1.54, 1.807) is 0 Å². The van der Waals surface area contributed by atoms with Gasteiger partial charge >= 0.3 is 9.17 Å². The Morgan fingerprint density at radius 2 is 2.57 bits per heavy atom. The Labute approximate surface area is 39.8 Å². The minimum atomic E-state index is -3.07. The third kappa shape index (κ3) is 4.93. The van der Waals surface area contributed by atoms with Crippen molar-refractivity contribution in [3.05, 3.63) is 10.4 Å². The fraction of sp³-hybridized carbons (Fsp3) is 0. The Hall–Kier alpha value is -1.07. The summed E-state index contributed by atoms with van der Waals surface area (Å²) >= 11 is 0. The van der Waals surface area contributed by atoms with Gasteiger partial charge in [0.05, 0.1) is 0 Å². The summed E-state index contributed by atoms with van der Waals surface area (Å²) in [5, 5.41) is 2.33. The molecule has 0 unspecified atom stereocenters. The number of hydrogen-bond donors (Lipinski definition) is 1. The molecule has 0 saturated carbocycles. The van der Waals surface area contributed by atoms with E-state index in [1.165, 1.54) is 0 Å². The van der Waals surface area contributed by atoms with Crippen LogP contribution in [0, 0.1) is 0 Å². The number of hydrogen-bond acceptors (Lipinski definition) is 3. The standard InChI is InChI=1S/HN3O3Si/c1-2-3-6-7(4)5/h4H. The molecule has 0 aromatic heterocycles. The Bertz CT molecular complexity index is 113. The minimum absolute atomic E-state index is 2.04. The van der Waals surface area contributed by atoms with Crippen LogP contribution in [0.3, 0.4) is 0 Å². The van der Waals surface area contributed by atoms with Gasteiger partial charge in [-0.3, -0.25) is 4.46 Å². The highest BCUT2D eigenvalue weighted by Crippen LogP contribution is 1.69. The number of rotatable bonds is 2. The minimum Gasteiger partial charge on any atom is -0.511 e. The van der Waals surface area contributed by atoms with Crippen LogP contribution in [0.4, 0.5) is 0 Å². The molecule has 38 valence electrons. The first-order chi connectivity index (χ1) is 3.27. The second-order valence-electron chi connectivity index (χ2n) is 0.528. The van der Waals surface area contributed by atoms with Gasteiger partial charge in [0.25, 0.3) is 0 Å². The Morgan fingerprint density at radius 1 is 2.00 bits per heavy atom. The van der Waals surface area contributed by atoms with Crippen LogP contribution in [0.15, 0.2) is 5.28 Å². The summed E-state index contributed by atoms with van der Waals surface area (Å²) in [6, 6.07) is 0. The zero-order valence-corrected chi connectivity index (χ0v) is 4.11. The Balaban J connectivity index is 3.32. The highest BCUT2D eigenvalue weighted by molar-refractivity contribution is 6.23. The van der Waals surface area contributed by atoms with Crippen molar-refractivity contribution in [1.82, 2.24) is 0 Å². The first-order valence-electron chi connectivity index (χ1n) is 1.21. The van der Waals surface area contributed by atoms with Crippen LogP contribution >= 0.6 is 0 Å². The maximum absolute atomic E-state index is 9.46. The van der Waals surface area contributed by atoms with Crippen molar-refractivity contribution >= 4 is 9.17 Å². The fourth-order valence-corrected chi connectivity index (χ4v) is 0.160. The lowest BCUT2D eigenvalue weighted by Gasteiger charge is -1.76. The summed E-state index contributed by atoms with van der Waals surface area (Å²) in [6.45, 7) is 0. The van der Waals surface area contributed by atoms with Crippen molar-refractivity contribution in [1.29, 1.82) is 0 Å². The van der Waals surface area contributed by atoms with Crippen LogP contribution < -0.4 is 0 Å². The SMILES string of the molecule is [N-]=[N+]=NO[Si](=O)O. The topological polar surface area (TPSA) is 95.3 Å². The summed E-state index contributed by atoms with van der Waals surface area (Å²) in [7, 11) is -3.07. The summed E-state index contributed by atoms with van der Waals surface area (Å²) in [5.74, 6) is 0. The van der Waals surface area contributed by atoms with Gasteiger partial charge in [-0.2, -0.15) is 0 Å². The molecule has 0 aliphatic rings. The van der Waals surface area contributed by atoms with Crippen LogP contribution in [0.25, 0.3) is 10.4 Å². The van der Waals surface area contributed by atoms with Gasteiger partial charge in [-0.1, -0.05) is 0 Å². The van der Waals surface area contributed by atoms with Crippen molar-refractivity contribution in [2.75, 3.05) is 0 Å². The van der Waals surface area contributed by atoms with Crippen molar-refractivity contribution in [2.45, 2.75) is 0 Å². The smallest absolute Gasteiger partial charge is 0.511 e. The van der Waals surface area contributed by atoms with Crippen LogP contribution in [-0.4, -0.2) is 14.0 Å². The first kappa shape index (κ1) is 5.93. The third-order valence-corrected chi connectivity index (χ3v) is 0.393. The van der Waals surface area contributed by atoms with E-state index >= 15 is 0 Å². The van der Waals surface area contributed by atoms with Gasteiger partial charge in [0, 0.05) is 4.91 Å². The van der Waals surface area contributed by atoms with Crippen LogP contribution in [0.1, 0.15) is 0 Å². The fourth-order valence-electron chi connectivity index (χ4n) is 0.0532. The summed E-state index contributed by atoms with van der Waals surface area (Å²) in [4.78, 5) is 9.79. The molecule has 0 aromatic rings. The maximum atomic E-state index is 9.46. The largest absolute Gasteiger partial charge is 0.776 e. The summed E-state index contributed by atoms with van der Waals surface area (Å²) in [5.41, 5.74) is 7.41. The molecule has 0 atom stereocenters. The van der Waals surface area contributed by atoms with Gasteiger partial charge in [-0.25, -0.2) is 0 Å². The first-order valence-corrected chi connectivity index (χ1v) is 2.48. The average Bonchev–Trinajstić information content (AvgIpc) is 1.61. The van der Waals surface area contributed by atoms with E-state index in [9.17, 15) is 4.46 Å². The zero-order valence-electron chi connectivity index (χ0n) is 3.11. The highest BCUT2D eigenvalue weighted by Gasteiger charge is 1.98. The third-order valence-electron chi connectivity index (χ3n) is 0.155. The normalized spacial score (nSPS) is 6.29. The maximum Gasteiger partial charge on any atom is 0.776 e. The molecular formula is HN3O3Si. The van der Waals surface area contributed by atoms with Crippen molar-refractivity contribution in [3.63, 3.8) is 0 Å². The molecule has 0 amide bonds. The van der Waals surface area contributed by atoms with Crippen LogP contribution in [0.2, 0.25) is 0 Å². The molecule has 6 nitrogen and oxygen atoms in total. The molecule has 0 aliphatic carbocycles. The molecule has 0 rings (SSSR count). The molecule has 0 spiro atoms. The van der Waals surface area contributed by atoms with Gasteiger partial charge in [-0.15, -0.1) is 0 Å². The molecule has 0 bridgehead atoms. The quantitative estimate of drug-likeness (QED) is 0.177. The predicted octanol–water partition coefficient (Wildman–Crippen LogP) is -0.364. The summed E-state index contributed by atoms with van der Waals surface area (Å²) < 4.78 is 13.0. The molecule has 0 fully saturated rings. The van der Waals surface area contributed by atoms with Crippen LogP contribution in [0.5, 0.6) is 0 Å². The van der Waals surface area contributed by atoms with Gasteiger partial charge < -0.3 is 9.32 Å². The molecule has 0 aliphatic heterocycles. The molecule has 0 aromatic carbocycles. The lowest BCUT2D eigenvalue weighted by atomic mass is 12.9. The van der Waals surface area contributed by atoms with E-state index in [0.29, 0.717) is 0 Å². The lowest BCUT2D eigenvalue weighted by Crippen LogP contribution is -1.97. The number of azide groups is 1. The van der Waals surface area contributed by atoms with Gasteiger partial charge in [0.15, 0.2) is 0 Å². The average molecular weight is 119 g/mol. The molecule has 0 saturated heterocycles. The second kappa shape index (κ2) is 3.13. The van der Waals surface area contributed by atoms with E-state index < -0.39 is 9.17 Å². The van der Waals surface area contributed by atoms with E-state index in [1.807, 2.05) is 4.91 Å². The molecule has 0 radical (unpaired) electrons. The Morgan fingerprint density at radius 3 is 2.71 bits per heavy atom. The molecule has 7 heavy (non-hydrogen) atoms. The Kier molecular flexibility index (Phi) is 2.65. The predicted molar refractivity (Wildman–Crippen MR) is 18.9 cm³/mol. The van der Waals surface area contributed by atoms with Crippen LogP contribution in [-0.2, 0) is 8.99 Å². The molecule has 1 N–H and O–H groups in total. The monoisotopic (exact) mass is 119 g/mol. The van der Waals surface area contributed by atoms with Crippen molar-refractivity contribution in [3.8, 4) is 0 Å². The van der Waals surface area contributed by atoms with E-state index in [-0.39, 0.29) is 0 Å². The zero-order chi connectivity index (χ0) is 5.70. The van der Waals surface area contributed by atoms with Gasteiger partial charge in [0.1, 0.15) is 5.28 Å². The second-order valence-corrected chi connectivity index (χ2v) is 1.24.